The number of hydrogen-bond acceptors (Lipinski definition) is 7. The van der Waals surface area contributed by atoms with Gasteiger partial charge >= 0.3 is 0 Å². The van der Waals surface area contributed by atoms with Crippen LogP contribution in [0.3, 0.4) is 0 Å². The molecule has 7 heterocycles. The Bertz CT molecular complexity index is 1410. The van der Waals surface area contributed by atoms with E-state index in [1.807, 2.05) is 13.0 Å². The first-order valence-corrected chi connectivity index (χ1v) is 14.2. The van der Waals surface area contributed by atoms with Gasteiger partial charge in [0.15, 0.2) is 0 Å². The highest BCUT2D eigenvalue weighted by atomic mass is 32.1. The van der Waals surface area contributed by atoms with Gasteiger partial charge in [0.05, 0.1) is 17.4 Å². The molecule has 2 aromatic heterocycles. The number of aryl methyl sites for hydroxylation is 1. The van der Waals surface area contributed by atoms with Gasteiger partial charge in [-0.3, -0.25) is 9.69 Å². The van der Waals surface area contributed by atoms with Crippen LogP contribution in [0.4, 0.5) is 10.1 Å². The zero-order chi connectivity index (χ0) is 25.4. The Hall–Kier alpha value is -2.78. The number of halogens is 1. The molecule has 7 atom stereocenters. The van der Waals surface area contributed by atoms with Crippen molar-refractivity contribution in [3.8, 4) is 5.75 Å². The number of carbonyl (C=O) groups excluding carboxylic acids is 1. The maximum absolute atomic E-state index is 15.6. The Balaban J connectivity index is 1.10. The molecule has 0 aliphatic carbocycles. The van der Waals surface area contributed by atoms with Gasteiger partial charge in [-0.25, -0.2) is 14.4 Å². The van der Waals surface area contributed by atoms with Crippen LogP contribution in [-0.2, 0) is 6.42 Å². The van der Waals surface area contributed by atoms with E-state index in [1.165, 1.54) is 37.0 Å². The molecule has 4 saturated heterocycles. The first kappa shape index (κ1) is 23.3. The van der Waals surface area contributed by atoms with E-state index >= 15 is 4.39 Å². The molecule has 4 bridgehead atoms. The zero-order valence-electron chi connectivity index (χ0n) is 21.2. The number of ether oxygens (including phenoxy) is 1. The van der Waals surface area contributed by atoms with Crippen LogP contribution < -0.4 is 15.8 Å². The maximum atomic E-state index is 15.6. The maximum Gasteiger partial charge on any atom is 0.263 e. The van der Waals surface area contributed by atoms with Crippen molar-refractivity contribution in [2.24, 2.45) is 11.8 Å². The quantitative estimate of drug-likeness (QED) is 0.530. The lowest BCUT2D eigenvalue weighted by Crippen LogP contribution is -2.44. The van der Waals surface area contributed by atoms with E-state index in [4.69, 9.17) is 10.5 Å². The summed E-state index contributed by atoms with van der Waals surface area (Å²) in [5.41, 5.74) is 9.47. The Morgan fingerprint density at radius 3 is 2.92 bits per heavy atom. The van der Waals surface area contributed by atoms with Crippen molar-refractivity contribution < 1.29 is 13.9 Å². The van der Waals surface area contributed by atoms with Crippen LogP contribution in [-0.4, -0.2) is 52.1 Å². The first-order valence-electron chi connectivity index (χ1n) is 13.4. The number of nitrogens with one attached hydrogen (secondary N) is 1. The number of thiophene rings is 1. The van der Waals surface area contributed by atoms with E-state index in [2.05, 4.69) is 27.1 Å². The highest BCUT2D eigenvalue weighted by Crippen LogP contribution is 2.51. The predicted octanol–water partition coefficient (Wildman–Crippen LogP) is 4.43. The predicted molar refractivity (Wildman–Crippen MR) is 142 cm³/mol. The van der Waals surface area contributed by atoms with Crippen molar-refractivity contribution in [3.63, 3.8) is 0 Å². The molecule has 1 amide bonds. The van der Waals surface area contributed by atoms with Gasteiger partial charge in [-0.1, -0.05) is 6.92 Å². The minimum absolute atomic E-state index is 0.145. The van der Waals surface area contributed by atoms with Crippen LogP contribution in [0.1, 0.15) is 65.0 Å². The molecular formula is C28H32FN5O2S. The number of carbonyl (C=O) groups is 1. The van der Waals surface area contributed by atoms with Crippen molar-refractivity contribution in [2.75, 3.05) is 18.9 Å². The number of fused-ring (bicyclic) bond motifs is 4. The Kier molecular flexibility index (Phi) is 5.44. The molecule has 5 aliphatic heterocycles. The number of anilines is 1. The third-order valence-corrected chi connectivity index (χ3v) is 10.3. The van der Waals surface area contributed by atoms with E-state index in [9.17, 15) is 4.79 Å². The third-order valence-electron chi connectivity index (χ3n) is 9.20. The van der Waals surface area contributed by atoms with E-state index in [1.54, 1.807) is 12.3 Å². The second-order valence-electron chi connectivity index (χ2n) is 11.5. The van der Waals surface area contributed by atoms with E-state index in [0.717, 1.165) is 29.1 Å². The molecule has 9 heteroatoms. The van der Waals surface area contributed by atoms with Crippen molar-refractivity contribution in [3.05, 3.63) is 45.8 Å². The zero-order valence-corrected chi connectivity index (χ0v) is 22.0. The molecule has 7 nitrogen and oxygen atoms in total. The number of nitrogens with two attached hydrogens (primary N) is 1. The summed E-state index contributed by atoms with van der Waals surface area (Å²) < 4.78 is 21.7. The van der Waals surface area contributed by atoms with Gasteiger partial charge < -0.3 is 15.8 Å². The second-order valence-corrected chi connectivity index (χ2v) is 12.5. The molecular weight excluding hydrogens is 489 g/mol. The molecule has 3 aromatic rings. The smallest absolute Gasteiger partial charge is 0.263 e. The standard InChI is InChI=1S/C28H32FN5O2S/c1-13-5-17-3-4-18-8-19(13)21(11-34(17)18)20-9-23-15(7-22(20)29)6-16(12-36-23)33-27(35)26-24(30)25-28(37-26)32-14(2)10-31-25/h7,9-10,13,16-19,21H,3-6,8,11-12,30H2,1-2H3,(H,33,35)/t13?,16-,17?,18?,19?,21?/m0/s1. The molecule has 194 valence electrons. The van der Waals surface area contributed by atoms with Crippen molar-refractivity contribution in [2.45, 2.75) is 70.0 Å². The Morgan fingerprint density at radius 1 is 1.27 bits per heavy atom. The van der Waals surface area contributed by atoms with Crippen LogP contribution >= 0.6 is 11.3 Å². The summed E-state index contributed by atoms with van der Waals surface area (Å²) in [5.74, 6) is 1.67. The highest BCUT2D eigenvalue weighted by Gasteiger charge is 2.49. The summed E-state index contributed by atoms with van der Waals surface area (Å²) >= 11 is 1.24. The second kappa shape index (κ2) is 8.63. The number of nitrogen functional groups attached to an aromatic ring is 1. The molecule has 0 spiro atoms. The first-order chi connectivity index (χ1) is 17.9. The minimum Gasteiger partial charge on any atom is -0.491 e. The number of aromatic nitrogens is 2. The summed E-state index contributed by atoms with van der Waals surface area (Å²) in [7, 11) is 0. The Labute approximate surface area is 219 Å². The number of benzene rings is 1. The molecule has 0 radical (unpaired) electrons. The Morgan fingerprint density at radius 2 is 2.08 bits per heavy atom. The van der Waals surface area contributed by atoms with Gasteiger partial charge in [-0.15, -0.1) is 11.3 Å². The fourth-order valence-corrected chi connectivity index (χ4v) is 8.41. The van der Waals surface area contributed by atoms with Gasteiger partial charge in [-0.2, -0.15) is 0 Å². The van der Waals surface area contributed by atoms with E-state index in [0.29, 0.717) is 57.9 Å². The van der Waals surface area contributed by atoms with Gasteiger partial charge in [0, 0.05) is 30.7 Å². The van der Waals surface area contributed by atoms with Gasteiger partial charge in [0.2, 0.25) is 0 Å². The summed E-state index contributed by atoms with van der Waals surface area (Å²) in [4.78, 5) is 25.5. The van der Waals surface area contributed by atoms with Gasteiger partial charge in [0.1, 0.15) is 33.4 Å². The van der Waals surface area contributed by atoms with E-state index < -0.39 is 0 Å². The molecule has 1 aromatic carbocycles. The number of nitrogens with zero attached hydrogens (tertiary/aromatic N) is 3. The summed E-state index contributed by atoms with van der Waals surface area (Å²) in [5, 5.41) is 3.02. The number of rotatable bonds is 3. The summed E-state index contributed by atoms with van der Waals surface area (Å²) in [6.07, 6.45) is 7.15. The van der Waals surface area contributed by atoms with Crippen LogP contribution in [0.5, 0.6) is 5.75 Å². The van der Waals surface area contributed by atoms with Crippen LogP contribution in [0.25, 0.3) is 10.3 Å². The largest absolute Gasteiger partial charge is 0.491 e. The molecule has 5 aliphatic rings. The van der Waals surface area contributed by atoms with Crippen LogP contribution in [0.2, 0.25) is 0 Å². The van der Waals surface area contributed by atoms with Gasteiger partial charge in [-0.05, 0) is 74.1 Å². The molecule has 6 unspecified atom stereocenters. The van der Waals surface area contributed by atoms with E-state index in [-0.39, 0.29) is 23.7 Å². The number of amides is 1. The normalized spacial score (nSPS) is 32.1. The number of hydrogen-bond donors (Lipinski definition) is 2. The van der Waals surface area contributed by atoms with Gasteiger partial charge in [0.25, 0.3) is 5.91 Å². The fourth-order valence-electron chi connectivity index (χ4n) is 7.41. The highest BCUT2D eigenvalue weighted by molar-refractivity contribution is 7.21. The summed E-state index contributed by atoms with van der Waals surface area (Å²) in [6, 6.07) is 4.67. The minimum atomic E-state index is -0.277. The lowest BCUT2D eigenvalue weighted by atomic mass is 9.71. The molecule has 8 rings (SSSR count). The fraction of sp³-hybridized carbons (Fsp3) is 0.536. The van der Waals surface area contributed by atoms with Crippen LogP contribution in [0.15, 0.2) is 18.3 Å². The average molecular weight is 522 g/mol. The van der Waals surface area contributed by atoms with Crippen molar-refractivity contribution in [1.29, 1.82) is 0 Å². The van der Waals surface area contributed by atoms with Crippen molar-refractivity contribution >= 4 is 33.3 Å². The van der Waals surface area contributed by atoms with Crippen LogP contribution in [0, 0.1) is 24.6 Å². The molecule has 0 saturated carbocycles. The third kappa shape index (κ3) is 3.81. The lowest BCUT2D eigenvalue weighted by molar-refractivity contribution is 0.0920. The molecule has 3 N–H and O–H groups in total. The molecule has 37 heavy (non-hydrogen) atoms. The lowest BCUT2D eigenvalue weighted by Gasteiger charge is -2.41. The van der Waals surface area contributed by atoms with Crippen molar-refractivity contribution in [1.82, 2.24) is 20.2 Å². The number of piperidine rings is 1. The topological polar surface area (TPSA) is 93.4 Å². The monoisotopic (exact) mass is 521 g/mol. The average Bonchev–Trinajstić information content (AvgIpc) is 3.34. The SMILES string of the molecule is Cc1cnc2c(N)c(C(=O)N[C@@H]3COc4cc(C5CN6C7CCC6CC5C(C)C7)c(F)cc4C3)sc2n1. The molecule has 4 fully saturated rings. The summed E-state index contributed by atoms with van der Waals surface area (Å²) in [6.45, 7) is 5.51.